The zero-order chi connectivity index (χ0) is 11.8. The van der Waals surface area contributed by atoms with Crippen molar-refractivity contribution in [1.29, 1.82) is 0 Å². The SMILES string of the molecule is CN1CCC(CCNCCCCC(=O)O)C1. The molecule has 0 saturated carbocycles. The van der Waals surface area contributed by atoms with Crippen LogP contribution in [0.25, 0.3) is 0 Å². The predicted octanol–water partition coefficient (Wildman–Crippen LogP) is 1.17. The van der Waals surface area contributed by atoms with E-state index in [0.717, 1.165) is 31.8 Å². The third-order valence-corrected chi connectivity index (χ3v) is 3.21. The summed E-state index contributed by atoms with van der Waals surface area (Å²) in [6, 6.07) is 0. The average Bonchev–Trinajstić information content (AvgIpc) is 2.62. The highest BCUT2D eigenvalue weighted by Gasteiger charge is 2.18. The van der Waals surface area contributed by atoms with Crippen molar-refractivity contribution < 1.29 is 9.90 Å². The number of hydrogen-bond acceptors (Lipinski definition) is 3. The first-order chi connectivity index (χ1) is 7.68. The number of carboxylic acid groups (broad SMARTS) is 1. The Balaban J connectivity index is 1.83. The lowest BCUT2D eigenvalue weighted by Gasteiger charge is -2.10. The molecule has 0 aliphatic carbocycles. The predicted molar refractivity (Wildman–Crippen MR) is 64.6 cm³/mol. The Morgan fingerprint density at radius 1 is 1.44 bits per heavy atom. The van der Waals surface area contributed by atoms with E-state index in [9.17, 15) is 4.79 Å². The summed E-state index contributed by atoms with van der Waals surface area (Å²) in [5.41, 5.74) is 0. The fourth-order valence-electron chi connectivity index (χ4n) is 2.22. The van der Waals surface area contributed by atoms with Crippen molar-refractivity contribution in [3.8, 4) is 0 Å². The van der Waals surface area contributed by atoms with Gasteiger partial charge in [-0.1, -0.05) is 0 Å². The van der Waals surface area contributed by atoms with Gasteiger partial charge in [-0.05, 0) is 58.3 Å². The molecule has 0 aromatic heterocycles. The number of nitrogens with zero attached hydrogens (tertiary/aromatic N) is 1. The van der Waals surface area contributed by atoms with E-state index in [1.54, 1.807) is 0 Å². The number of nitrogens with one attached hydrogen (secondary N) is 1. The molecule has 94 valence electrons. The van der Waals surface area contributed by atoms with Crippen LogP contribution < -0.4 is 5.32 Å². The number of unbranched alkanes of at least 4 members (excludes halogenated alkanes) is 1. The van der Waals surface area contributed by atoms with Gasteiger partial charge in [0.15, 0.2) is 0 Å². The second kappa shape index (κ2) is 7.63. The molecule has 0 bridgehead atoms. The molecule has 0 amide bonds. The lowest BCUT2D eigenvalue weighted by Crippen LogP contribution is -2.21. The molecule has 4 nitrogen and oxygen atoms in total. The molecule has 1 heterocycles. The summed E-state index contributed by atoms with van der Waals surface area (Å²) < 4.78 is 0. The maximum absolute atomic E-state index is 10.3. The van der Waals surface area contributed by atoms with Crippen LogP contribution in [0.5, 0.6) is 0 Å². The Labute approximate surface area is 98.0 Å². The zero-order valence-electron chi connectivity index (χ0n) is 10.2. The minimum absolute atomic E-state index is 0.301. The number of carbonyl (C=O) groups is 1. The molecule has 1 aliphatic heterocycles. The number of likely N-dealkylation sites (tertiary alicyclic amines) is 1. The van der Waals surface area contributed by atoms with E-state index in [1.807, 2.05) is 0 Å². The highest BCUT2D eigenvalue weighted by Crippen LogP contribution is 2.16. The molecule has 1 atom stereocenters. The van der Waals surface area contributed by atoms with Gasteiger partial charge in [-0.15, -0.1) is 0 Å². The lowest BCUT2D eigenvalue weighted by atomic mass is 10.1. The molecule has 2 N–H and O–H groups in total. The molecular formula is C12H24N2O2. The number of hydrogen-bond donors (Lipinski definition) is 2. The monoisotopic (exact) mass is 228 g/mol. The molecule has 0 aromatic rings. The second-order valence-corrected chi connectivity index (χ2v) is 4.81. The highest BCUT2D eigenvalue weighted by atomic mass is 16.4. The molecule has 0 spiro atoms. The van der Waals surface area contributed by atoms with E-state index < -0.39 is 5.97 Å². The van der Waals surface area contributed by atoms with Gasteiger partial charge in [-0.3, -0.25) is 4.79 Å². The van der Waals surface area contributed by atoms with E-state index in [4.69, 9.17) is 5.11 Å². The summed E-state index contributed by atoms with van der Waals surface area (Å²) in [5, 5.41) is 11.8. The molecule has 0 aromatic carbocycles. The topological polar surface area (TPSA) is 52.6 Å². The van der Waals surface area contributed by atoms with Crippen molar-refractivity contribution in [3.05, 3.63) is 0 Å². The van der Waals surface area contributed by atoms with E-state index in [-0.39, 0.29) is 0 Å². The van der Waals surface area contributed by atoms with Crippen LogP contribution in [-0.2, 0) is 4.79 Å². The van der Waals surface area contributed by atoms with Crippen molar-refractivity contribution in [1.82, 2.24) is 10.2 Å². The fourth-order valence-corrected chi connectivity index (χ4v) is 2.22. The molecule has 1 saturated heterocycles. The van der Waals surface area contributed by atoms with Crippen LogP contribution in [0.2, 0.25) is 0 Å². The van der Waals surface area contributed by atoms with Gasteiger partial charge in [-0.25, -0.2) is 0 Å². The first-order valence-electron chi connectivity index (χ1n) is 6.29. The van der Waals surface area contributed by atoms with Crippen molar-refractivity contribution >= 4 is 5.97 Å². The summed E-state index contributed by atoms with van der Waals surface area (Å²) in [4.78, 5) is 12.7. The molecule has 1 fully saturated rings. The van der Waals surface area contributed by atoms with E-state index in [1.165, 1.54) is 25.9 Å². The molecular weight excluding hydrogens is 204 g/mol. The molecule has 4 heteroatoms. The zero-order valence-corrected chi connectivity index (χ0v) is 10.2. The van der Waals surface area contributed by atoms with Gasteiger partial charge in [0.05, 0.1) is 0 Å². The van der Waals surface area contributed by atoms with E-state index in [0.29, 0.717) is 6.42 Å². The van der Waals surface area contributed by atoms with Gasteiger partial charge in [0, 0.05) is 13.0 Å². The smallest absolute Gasteiger partial charge is 0.303 e. The molecule has 16 heavy (non-hydrogen) atoms. The van der Waals surface area contributed by atoms with Gasteiger partial charge >= 0.3 is 5.97 Å². The maximum atomic E-state index is 10.3. The third kappa shape index (κ3) is 6.08. The van der Waals surface area contributed by atoms with E-state index in [2.05, 4.69) is 17.3 Å². The van der Waals surface area contributed by atoms with Crippen molar-refractivity contribution in [2.75, 3.05) is 33.2 Å². The maximum Gasteiger partial charge on any atom is 0.303 e. The summed E-state index contributed by atoms with van der Waals surface area (Å²) in [7, 11) is 2.18. The largest absolute Gasteiger partial charge is 0.481 e. The van der Waals surface area contributed by atoms with Crippen LogP contribution in [0.4, 0.5) is 0 Å². The van der Waals surface area contributed by atoms with Crippen LogP contribution in [0, 0.1) is 5.92 Å². The van der Waals surface area contributed by atoms with Crippen LogP contribution in [0.1, 0.15) is 32.1 Å². The molecule has 1 aliphatic rings. The number of carboxylic acids is 1. The van der Waals surface area contributed by atoms with Crippen LogP contribution in [0.3, 0.4) is 0 Å². The van der Waals surface area contributed by atoms with Crippen molar-refractivity contribution in [2.45, 2.75) is 32.1 Å². The third-order valence-electron chi connectivity index (χ3n) is 3.21. The lowest BCUT2D eigenvalue weighted by molar-refractivity contribution is -0.137. The Hall–Kier alpha value is -0.610. The van der Waals surface area contributed by atoms with Gasteiger partial charge in [-0.2, -0.15) is 0 Å². The minimum atomic E-state index is -0.686. The van der Waals surface area contributed by atoms with Gasteiger partial charge in [0.25, 0.3) is 0 Å². The minimum Gasteiger partial charge on any atom is -0.481 e. The quantitative estimate of drug-likeness (QED) is 0.612. The molecule has 0 radical (unpaired) electrons. The molecule has 1 unspecified atom stereocenters. The Morgan fingerprint density at radius 2 is 2.25 bits per heavy atom. The second-order valence-electron chi connectivity index (χ2n) is 4.81. The first-order valence-corrected chi connectivity index (χ1v) is 6.29. The van der Waals surface area contributed by atoms with Crippen LogP contribution >= 0.6 is 0 Å². The number of rotatable bonds is 8. The standard InChI is InChI=1S/C12H24N2O2/c1-14-9-6-11(10-14)5-8-13-7-3-2-4-12(15)16/h11,13H,2-10H2,1H3,(H,15,16). The Kier molecular flexibility index (Phi) is 6.42. The average molecular weight is 228 g/mol. The summed E-state index contributed by atoms with van der Waals surface area (Å²) in [5.74, 6) is 0.172. The van der Waals surface area contributed by atoms with Crippen LogP contribution in [-0.4, -0.2) is 49.2 Å². The summed E-state index contributed by atoms with van der Waals surface area (Å²) in [6.45, 7) is 4.51. The van der Waals surface area contributed by atoms with E-state index >= 15 is 0 Å². The highest BCUT2D eigenvalue weighted by molar-refractivity contribution is 5.66. The Bertz CT molecular complexity index is 209. The summed E-state index contributed by atoms with van der Waals surface area (Å²) in [6.07, 6.45) is 4.64. The van der Waals surface area contributed by atoms with Crippen LogP contribution in [0.15, 0.2) is 0 Å². The van der Waals surface area contributed by atoms with Crippen molar-refractivity contribution in [3.63, 3.8) is 0 Å². The fraction of sp³-hybridized carbons (Fsp3) is 0.917. The normalized spacial score (nSPS) is 21.4. The Morgan fingerprint density at radius 3 is 2.88 bits per heavy atom. The first kappa shape index (κ1) is 13.5. The van der Waals surface area contributed by atoms with Gasteiger partial charge in [0.1, 0.15) is 0 Å². The van der Waals surface area contributed by atoms with Crippen molar-refractivity contribution in [2.24, 2.45) is 5.92 Å². The van der Waals surface area contributed by atoms with Gasteiger partial charge < -0.3 is 15.3 Å². The summed E-state index contributed by atoms with van der Waals surface area (Å²) >= 11 is 0. The van der Waals surface area contributed by atoms with Gasteiger partial charge in [0.2, 0.25) is 0 Å². The molecule has 1 rings (SSSR count). The number of aliphatic carboxylic acids is 1.